The number of hydrogen-bond donors (Lipinski definition) is 2. The zero-order chi connectivity index (χ0) is 23.0. The summed E-state index contributed by atoms with van der Waals surface area (Å²) < 4.78 is 1.66. The van der Waals surface area contributed by atoms with Crippen molar-refractivity contribution in [3.63, 3.8) is 0 Å². The molecule has 2 heterocycles. The summed E-state index contributed by atoms with van der Waals surface area (Å²) in [7, 11) is 0. The van der Waals surface area contributed by atoms with Gasteiger partial charge in [-0.15, -0.1) is 16.4 Å². The molecule has 0 saturated carbocycles. The fraction of sp³-hybridized carbons (Fsp3) is 0.174. The number of anilines is 1. The summed E-state index contributed by atoms with van der Waals surface area (Å²) >= 11 is 2.86. The second kappa shape index (κ2) is 10.9. The van der Waals surface area contributed by atoms with Crippen LogP contribution >= 0.6 is 23.1 Å². The topological polar surface area (TPSA) is 102 Å². The molecule has 0 aliphatic carbocycles. The van der Waals surface area contributed by atoms with E-state index in [1.807, 2.05) is 54.8 Å². The van der Waals surface area contributed by atoms with Gasteiger partial charge in [-0.1, -0.05) is 60.3 Å². The zero-order valence-electron chi connectivity index (χ0n) is 17.8. The predicted octanol–water partition coefficient (Wildman–Crippen LogP) is 4.00. The Kier molecular flexibility index (Phi) is 7.48. The molecule has 8 nitrogen and oxygen atoms in total. The van der Waals surface area contributed by atoms with E-state index in [4.69, 9.17) is 0 Å². The molecule has 0 saturated heterocycles. The second-order valence-electron chi connectivity index (χ2n) is 7.19. The van der Waals surface area contributed by atoms with Gasteiger partial charge in [0.2, 0.25) is 11.1 Å². The summed E-state index contributed by atoms with van der Waals surface area (Å²) in [5.74, 6) is -0.391. The van der Waals surface area contributed by atoms with Gasteiger partial charge >= 0.3 is 0 Å². The van der Waals surface area contributed by atoms with Gasteiger partial charge in [-0.05, 0) is 46.5 Å². The number of thioether (sulfide) groups is 1. The number of benzene rings is 2. The first-order valence-electron chi connectivity index (χ1n) is 10.3. The molecule has 0 aliphatic rings. The number of thiophene rings is 1. The zero-order valence-corrected chi connectivity index (χ0v) is 19.5. The SMILES string of the molecule is C[C@@H](NC(=O)c1ccccc1NC(=O)CSc1nnnn1Cc1cccs1)c1ccccc1. The van der Waals surface area contributed by atoms with Crippen LogP contribution in [0.4, 0.5) is 5.69 Å². The van der Waals surface area contributed by atoms with Gasteiger partial charge < -0.3 is 10.6 Å². The van der Waals surface area contributed by atoms with Gasteiger partial charge in [0.25, 0.3) is 5.91 Å². The Balaban J connectivity index is 1.36. The van der Waals surface area contributed by atoms with Crippen molar-refractivity contribution in [2.24, 2.45) is 0 Å². The molecule has 4 aromatic rings. The van der Waals surface area contributed by atoms with E-state index in [1.54, 1.807) is 40.3 Å². The molecule has 2 amide bonds. The lowest BCUT2D eigenvalue weighted by atomic mass is 10.1. The third kappa shape index (κ3) is 6.05. The number of para-hydroxylation sites is 1. The molecule has 0 fully saturated rings. The van der Waals surface area contributed by atoms with Gasteiger partial charge in [0.05, 0.1) is 29.6 Å². The number of carbonyl (C=O) groups is 2. The van der Waals surface area contributed by atoms with Gasteiger partial charge in [-0.2, -0.15) is 0 Å². The summed E-state index contributed by atoms with van der Waals surface area (Å²) in [5, 5.41) is 20.1. The first-order chi connectivity index (χ1) is 16.1. The standard InChI is InChI=1S/C23H22N6O2S2/c1-16(17-8-3-2-4-9-17)24-22(31)19-11-5-6-12-20(19)25-21(30)15-33-23-26-27-28-29(23)14-18-10-7-13-32-18/h2-13,16H,14-15H2,1H3,(H,24,31)(H,25,30)/t16-/m1/s1. The third-order valence-corrected chi connectivity index (χ3v) is 6.63. The van der Waals surface area contributed by atoms with Crippen molar-refractivity contribution in [1.29, 1.82) is 0 Å². The highest BCUT2D eigenvalue weighted by molar-refractivity contribution is 7.99. The summed E-state index contributed by atoms with van der Waals surface area (Å²) in [6.45, 7) is 2.47. The molecule has 2 aromatic carbocycles. The Hall–Kier alpha value is -3.50. The number of amides is 2. The summed E-state index contributed by atoms with van der Waals surface area (Å²) in [6, 6.07) is 20.5. The molecule has 0 bridgehead atoms. The molecular formula is C23H22N6O2S2. The van der Waals surface area contributed by atoms with E-state index < -0.39 is 0 Å². The van der Waals surface area contributed by atoms with Crippen molar-refractivity contribution < 1.29 is 9.59 Å². The van der Waals surface area contributed by atoms with Crippen molar-refractivity contribution in [2.75, 3.05) is 11.1 Å². The normalized spacial score (nSPS) is 11.7. The molecule has 0 unspecified atom stereocenters. The van der Waals surface area contributed by atoms with Crippen LogP contribution in [0.15, 0.2) is 77.3 Å². The minimum absolute atomic E-state index is 0.112. The monoisotopic (exact) mass is 478 g/mol. The molecule has 4 rings (SSSR count). The quantitative estimate of drug-likeness (QED) is 0.353. The number of hydrogen-bond acceptors (Lipinski definition) is 7. The maximum Gasteiger partial charge on any atom is 0.253 e. The lowest BCUT2D eigenvalue weighted by molar-refractivity contribution is -0.113. The van der Waals surface area contributed by atoms with E-state index >= 15 is 0 Å². The van der Waals surface area contributed by atoms with Gasteiger partial charge in [0, 0.05) is 4.88 Å². The van der Waals surface area contributed by atoms with Crippen LogP contribution in [0.1, 0.15) is 33.8 Å². The van der Waals surface area contributed by atoms with E-state index in [9.17, 15) is 9.59 Å². The van der Waals surface area contributed by atoms with Gasteiger partial charge in [-0.3, -0.25) is 9.59 Å². The fourth-order valence-corrected chi connectivity index (χ4v) is 4.52. The van der Waals surface area contributed by atoms with Crippen molar-refractivity contribution in [1.82, 2.24) is 25.5 Å². The van der Waals surface area contributed by atoms with Crippen LogP contribution < -0.4 is 10.6 Å². The highest BCUT2D eigenvalue weighted by atomic mass is 32.2. The second-order valence-corrected chi connectivity index (χ2v) is 9.16. The van der Waals surface area contributed by atoms with Crippen LogP contribution in [0, 0.1) is 0 Å². The van der Waals surface area contributed by atoms with Crippen LogP contribution in [0.25, 0.3) is 0 Å². The van der Waals surface area contributed by atoms with E-state index in [0.29, 0.717) is 23.0 Å². The first-order valence-corrected chi connectivity index (χ1v) is 12.1. The van der Waals surface area contributed by atoms with Gasteiger partial charge in [0.15, 0.2) is 0 Å². The Bertz CT molecular complexity index is 1210. The van der Waals surface area contributed by atoms with Gasteiger partial charge in [-0.25, -0.2) is 4.68 Å². The van der Waals surface area contributed by atoms with Gasteiger partial charge in [0.1, 0.15) is 0 Å². The molecule has 0 aliphatic heterocycles. The van der Waals surface area contributed by atoms with E-state index in [0.717, 1.165) is 10.4 Å². The fourth-order valence-electron chi connectivity index (χ4n) is 3.16. The largest absolute Gasteiger partial charge is 0.345 e. The van der Waals surface area contributed by atoms with Crippen molar-refractivity contribution >= 4 is 40.6 Å². The summed E-state index contributed by atoms with van der Waals surface area (Å²) in [5.41, 5.74) is 1.87. The van der Waals surface area contributed by atoms with E-state index in [-0.39, 0.29) is 23.6 Å². The molecule has 33 heavy (non-hydrogen) atoms. The average molecular weight is 479 g/mol. The molecule has 2 N–H and O–H groups in total. The van der Waals surface area contributed by atoms with Crippen molar-refractivity contribution in [3.8, 4) is 0 Å². The van der Waals surface area contributed by atoms with Crippen molar-refractivity contribution in [3.05, 3.63) is 88.1 Å². The molecule has 0 radical (unpaired) electrons. The summed E-state index contributed by atoms with van der Waals surface area (Å²) in [4.78, 5) is 26.6. The minimum Gasteiger partial charge on any atom is -0.345 e. The Morgan fingerprint density at radius 1 is 1.06 bits per heavy atom. The highest BCUT2D eigenvalue weighted by Crippen LogP contribution is 2.20. The molecule has 0 spiro atoms. The number of aromatic nitrogens is 4. The molecular weight excluding hydrogens is 456 g/mol. The van der Waals surface area contributed by atoms with Crippen LogP contribution in [0.5, 0.6) is 0 Å². The predicted molar refractivity (Wildman–Crippen MR) is 129 cm³/mol. The molecule has 2 aromatic heterocycles. The maximum absolute atomic E-state index is 12.9. The number of rotatable bonds is 9. The molecule has 1 atom stereocenters. The minimum atomic E-state index is -0.255. The molecule has 10 heteroatoms. The van der Waals surface area contributed by atoms with E-state index in [2.05, 4.69) is 26.2 Å². The third-order valence-electron chi connectivity index (χ3n) is 4.81. The average Bonchev–Trinajstić information content (AvgIpc) is 3.51. The van der Waals surface area contributed by atoms with Crippen molar-refractivity contribution in [2.45, 2.75) is 24.7 Å². The Labute approximate surface area is 199 Å². The Morgan fingerprint density at radius 3 is 2.64 bits per heavy atom. The number of carbonyl (C=O) groups excluding carboxylic acids is 2. The lowest BCUT2D eigenvalue weighted by Gasteiger charge is -2.16. The van der Waals surface area contributed by atoms with Crippen LogP contribution in [0.2, 0.25) is 0 Å². The number of nitrogens with one attached hydrogen (secondary N) is 2. The van der Waals surface area contributed by atoms with Crippen LogP contribution in [-0.4, -0.2) is 37.8 Å². The Morgan fingerprint density at radius 2 is 1.85 bits per heavy atom. The number of nitrogens with zero attached hydrogens (tertiary/aromatic N) is 4. The smallest absolute Gasteiger partial charge is 0.253 e. The molecule has 168 valence electrons. The first kappa shape index (κ1) is 22.7. The van der Waals surface area contributed by atoms with E-state index in [1.165, 1.54) is 11.8 Å². The highest BCUT2D eigenvalue weighted by Gasteiger charge is 2.17. The summed E-state index contributed by atoms with van der Waals surface area (Å²) in [6.07, 6.45) is 0. The maximum atomic E-state index is 12.9. The lowest BCUT2D eigenvalue weighted by Crippen LogP contribution is -2.28. The van der Waals surface area contributed by atoms with Crippen LogP contribution in [0.3, 0.4) is 0 Å². The number of tetrazole rings is 1. The van der Waals surface area contributed by atoms with Crippen LogP contribution in [-0.2, 0) is 11.3 Å².